The number of nitrogens with zero attached hydrogens (tertiary/aromatic N) is 1. The molecule has 0 radical (unpaired) electrons. The van der Waals surface area contributed by atoms with E-state index in [0.29, 0.717) is 18.1 Å². The number of thiophene rings is 1. The van der Waals surface area contributed by atoms with Crippen LogP contribution < -0.4 is 5.32 Å². The van der Waals surface area contributed by atoms with Gasteiger partial charge in [0, 0.05) is 34.1 Å². The molecule has 1 heterocycles. The number of halogens is 1. The van der Waals surface area contributed by atoms with Crippen molar-refractivity contribution < 1.29 is 19.1 Å². The third-order valence-corrected chi connectivity index (χ3v) is 5.37. The van der Waals surface area contributed by atoms with E-state index in [-0.39, 0.29) is 12.5 Å². The molecule has 0 bridgehead atoms. The first kappa shape index (κ1) is 20.9. The Morgan fingerprint density at radius 1 is 1.26 bits per heavy atom. The second kappa shape index (κ2) is 10.1. The molecule has 0 spiro atoms. The molecule has 1 N–H and O–H groups in total. The van der Waals surface area contributed by atoms with Gasteiger partial charge in [0.1, 0.15) is 0 Å². The van der Waals surface area contributed by atoms with E-state index in [1.54, 1.807) is 19.9 Å². The zero-order valence-electron chi connectivity index (χ0n) is 15.2. The first-order valence-corrected chi connectivity index (χ1v) is 9.72. The van der Waals surface area contributed by atoms with Gasteiger partial charge < -0.3 is 15.0 Å². The average Bonchev–Trinajstić information content (AvgIpc) is 2.99. The number of esters is 1. The van der Waals surface area contributed by atoms with Gasteiger partial charge in [-0.2, -0.15) is 0 Å². The molecular formula is C19H21ClN2O4S. The fourth-order valence-corrected chi connectivity index (χ4v) is 3.76. The number of rotatable bonds is 8. The minimum atomic E-state index is -0.647. The van der Waals surface area contributed by atoms with Crippen LogP contribution in [0, 0.1) is 0 Å². The van der Waals surface area contributed by atoms with Crippen LogP contribution in [0.1, 0.15) is 18.7 Å². The SMILES string of the molecule is CCNC(=O)CN(CC)C(=O)COC(=O)/C=C/c1sc2ccccc2c1Cl. The van der Waals surface area contributed by atoms with Crippen molar-refractivity contribution in [1.29, 1.82) is 0 Å². The molecule has 0 atom stereocenters. The largest absolute Gasteiger partial charge is 0.452 e. The van der Waals surface area contributed by atoms with Crippen molar-refractivity contribution in [3.63, 3.8) is 0 Å². The Kier molecular flexibility index (Phi) is 7.82. The van der Waals surface area contributed by atoms with E-state index in [1.807, 2.05) is 24.3 Å². The van der Waals surface area contributed by atoms with Crippen molar-refractivity contribution in [3.8, 4) is 0 Å². The molecule has 2 rings (SSSR count). The van der Waals surface area contributed by atoms with Gasteiger partial charge in [0.15, 0.2) is 6.61 Å². The summed E-state index contributed by atoms with van der Waals surface area (Å²) in [6.45, 7) is 3.91. The molecule has 2 amide bonds. The lowest BCUT2D eigenvalue weighted by Crippen LogP contribution is -2.42. The summed E-state index contributed by atoms with van der Waals surface area (Å²) in [5.41, 5.74) is 0. The second-order valence-electron chi connectivity index (χ2n) is 5.58. The van der Waals surface area contributed by atoms with Crippen LogP contribution >= 0.6 is 22.9 Å². The van der Waals surface area contributed by atoms with E-state index in [2.05, 4.69) is 5.32 Å². The number of likely N-dealkylation sites (N-methyl/N-ethyl adjacent to an activating group) is 2. The molecule has 0 aliphatic heterocycles. The summed E-state index contributed by atoms with van der Waals surface area (Å²) in [5, 5.41) is 4.13. The summed E-state index contributed by atoms with van der Waals surface area (Å²) in [4.78, 5) is 37.6. The average molecular weight is 409 g/mol. The summed E-state index contributed by atoms with van der Waals surface area (Å²) in [5.74, 6) is -1.32. The molecule has 0 aliphatic carbocycles. The van der Waals surface area contributed by atoms with Gasteiger partial charge in [0.25, 0.3) is 5.91 Å². The van der Waals surface area contributed by atoms with Gasteiger partial charge in [-0.1, -0.05) is 29.8 Å². The van der Waals surface area contributed by atoms with Crippen LogP contribution in [0.15, 0.2) is 30.3 Å². The first-order chi connectivity index (χ1) is 13.0. The van der Waals surface area contributed by atoms with Crippen LogP contribution in [0.25, 0.3) is 16.2 Å². The maximum absolute atomic E-state index is 12.1. The van der Waals surface area contributed by atoms with Crippen molar-refractivity contribution in [2.75, 3.05) is 26.2 Å². The molecule has 0 saturated carbocycles. The number of nitrogens with one attached hydrogen (secondary N) is 1. The van der Waals surface area contributed by atoms with Gasteiger partial charge in [0.05, 0.1) is 11.6 Å². The molecule has 0 unspecified atom stereocenters. The number of fused-ring (bicyclic) bond motifs is 1. The Hall–Kier alpha value is -2.38. The van der Waals surface area contributed by atoms with Gasteiger partial charge in [-0.05, 0) is 26.0 Å². The van der Waals surface area contributed by atoms with E-state index >= 15 is 0 Å². The van der Waals surface area contributed by atoms with E-state index in [0.717, 1.165) is 15.0 Å². The number of carbonyl (C=O) groups excluding carboxylic acids is 3. The van der Waals surface area contributed by atoms with Crippen LogP contribution in [-0.2, 0) is 19.1 Å². The number of carbonyl (C=O) groups is 3. The summed E-state index contributed by atoms with van der Waals surface area (Å²) in [6, 6.07) is 7.68. The quantitative estimate of drug-likeness (QED) is 0.538. The minimum Gasteiger partial charge on any atom is -0.452 e. The summed E-state index contributed by atoms with van der Waals surface area (Å²) in [7, 11) is 0. The van der Waals surface area contributed by atoms with Crippen LogP contribution in [0.4, 0.5) is 0 Å². The smallest absolute Gasteiger partial charge is 0.331 e. The summed E-state index contributed by atoms with van der Waals surface area (Å²) < 4.78 is 6.00. The van der Waals surface area contributed by atoms with Crippen LogP contribution in [0.3, 0.4) is 0 Å². The van der Waals surface area contributed by atoms with Gasteiger partial charge >= 0.3 is 5.97 Å². The molecular weight excluding hydrogens is 388 g/mol. The highest BCUT2D eigenvalue weighted by molar-refractivity contribution is 7.20. The molecule has 1 aromatic carbocycles. The van der Waals surface area contributed by atoms with Gasteiger partial charge in [0.2, 0.25) is 5.91 Å². The fourth-order valence-electron chi connectivity index (χ4n) is 2.36. The lowest BCUT2D eigenvalue weighted by Gasteiger charge is -2.19. The molecule has 27 heavy (non-hydrogen) atoms. The highest BCUT2D eigenvalue weighted by Crippen LogP contribution is 2.35. The Bertz CT molecular complexity index is 863. The van der Waals surface area contributed by atoms with E-state index in [4.69, 9.17) is 16.3 Å². The molecule has 8 heteroatoms. The van der Waals surface area contributed by atoms with Gasteiger partial charge in [-0.25, -0.2) is 4.79 Å². The van der Waals surface area contributed by atoms with Crippen molar-refractivity contribution in [2.24, 2.45) is 0 Å². The van der Waals surface area contributed by atoms with E-state index < -0.39 is 18.5 Å². The Balaban J connectivity index is 1.90. The standard InChI is InChI=1S/C19H21ClN2O4S/c1-3-21-16(23)11-22(4-2)17(24)12-26-18(25)10-9-15-19(20)13-7-5-6-8-14(13)27-15/h5-10H,3-4,11-12H2,1-2H3,(H,21,23)/b10-9+. The number of hydrogen-bond acceptors (Lipinski definition) is 5. The molecule has 0 aliphatic rings. The highest BCUT2D eigenvalue weighted by atomic mass is 35.5. The molecule has 2 aromatic rings. The van der Waals surface area contributed by atoms with Crippen LogP contribution in [-0.4, -0.2) is 48.9 Å². The van der Waals surface area contributed by atoms with Crippen molar-refractivity contribution in [1.82, 2.24) is 10.2 Å². The zero-order chi connectivity index (χ0) is 19.8. The third-order valence-electron chi connectivity index (χ3n) is 3.71. The fraction of sp³-hybridized carbons (Fsp3) is 0.316. The zero-order valence-corrected chi connectivity index (χ0v) is 16.7. The topological polar surface area (TPSA) is 75.7 Å². The predicted molar refractivity (Wildman–Crippen MR) is 108 cm³/mol. The van der Waals surface area contributed by atoms with Crippen molar-refractivity contribution in [2.45, 2.75) is 13.8 Å². The second-order valence-corrected chi connectivity index (χ2v) is 7.04. The summed E-state index contributed by atoms with van der Waals surface area (Å²) >= 11 is 7.78. The Morgan fingerprint density at radius 2 is 2.00 bits per heavy atom. The highest BCUT2D eigenvalue weighted by Gasteiger charge is 2.16. The van der Waals surface area contributed by atoms with E-state index in [1.165, 1.54) is 22.3 Å². The molecule has 0 fully saturated rings. The Morgan fingerprint density at radius 3 is 2.67 bits per heavy atom. The Labute approximate surface area is 166 Å². The molecule has 144 valence electrons. The first-order valence-electron chi connectivity index (χ1n) is 8.52. The monoisotopic (exact) mass is 408 g/mol. The normalized spacial score (nSPS) is 10.9. The number of hydrogen-bond donors (Lipinski definition) is 1. The van der Waals surface area contributed by atoms with Crippen molar-refractivity contribution >= 4 is 56.9 Å². The van der Waals surface area contributed by atoms with Crippen LogP contribution in [0.2, 0.25) is 5.02 Å². The summed E-state index contributed by atoms with van der Waals surface area (Å²) in [6.07, 6.45) is 2.82. The maximum Gasteiger partial charge on any atom is 0.331 e. The maximum atomic E-state index is 12.1. The van der Waals surface area contributed by atoms with Crippen molar-refractivity contribution in [3.05, 3.63) is 40.2 Å². The molecule has 1 aromatic heterocycles. The lowest BCUT2D eigenvalue weighted by molar-refractivity contribution is -0.148. The predicted octanol–water partition coefficient (Wildman–Crippen LogP) is 3.10. The third kappa shape index (κ3) is 5.80. The minimum absolute atomic E-state index is 0.0616. The van der Waals surface area contributed by atoms with Gasteiger partial charge in [-0.3, -0.25) is 9.59 Å². The number of ether oxygens (including phenoxy) is 1. The number of benzene rings is 1. The van der Waals surface area contributed by atoms with E-state index in [9.17, 15) is 14.4 Å². The lowest BCUT2D eigenvalue weighted by atomic mass is 10.2. The number of amides is 2. The molecule has 0 saturated heterocycles. The molecule has 6 nitrogen and oxygen atoms in total. The van der Waals surface area contributed by atoms with Crippen LogP contribution in [0.5, 0.6) is 0 Å². The van der Waals surface area contributed by atoms with Gasteiger partial charge in [-0.15, -0.1) is 11.3 Å².